The van der Waals surface area contributed by atoms with Crippen LogP contribution in [0.5, 0.6) is 11.5 Å². The van der Waals surface area contributed by atoms with Crippen molar-refractivity contribution in [2.24, 2.45) is 0 Å². The summed E-state index contributed by atoms with van der Waals surface area (Å²) in [6, 6.07) is 14.9. The van der Waals surface area contributed by atoms with Crippen LogP contribution in [-0.4, -0.2) is 38.2 Å². The Morgan fingerprint density at radius 3 is 2.46 bits per heavy atom. The predicted molar refractivity (Wildman–Crippen MR) is 97.3 cm³/mol. The van der Waals surface area contributed by atoms with Crippen LogP contribution >= 0.6 is 0 Å². The first-order chi connectivity index (χ1) is 12.6. The van der Waals surface area contributed by atoms with Gasteiger partial charge in [-0.3, -0.25) is 4.79 Å². The van der Waals surface area contributed by atoms with Gasteiger partial charge in [0.1, 0.15) is 18.1 Å². The van der Waals surface area contributed by atoms with Crippen molar-refractivity contribution in [3.8, 4) is 11.5 Å². The lowest BCUT2D eigenvalue weighted by molar-refractivity contribution is -0.150. The van der Waals surface area contributed by atoms with E-state index in [1.807, 2.05) is 56.3 Å². The molecule has 1 N–H and O–H groups in total. The van der Waals surface area contributed by atoms with Crippen molar-refractivity contribution in [3.05, 3.63) is 59.7 Å². The van der Waals surface area contributed by atoms with Crippen molar-refractivity contribution in [1.29, 1.82) is 0 Å². The maximum absolute atomic E-state index is 11.7. The first kappa shape index (κ1) is 19.3. The third-order valence-electron chi connectivity index (χ3n) is 3.70. The van der Waals surface area contributed by atoms with Gasteiger partial charge in [-0.2, -0.15) is 0 Å². The van der Waals surface area contributed by atoms with Crippen LogP contribution in [0.4, 0.5) is 0 Å². The van der Waals surface area contributed by atoms with Crippen LogP contribution in [0.25, 0.3) is 0 Å². The Morgan fingerprint density at radius 2 is 1.69 bits per heavy atom. The van der Waals surface area contributed by atoms with Gasteiger partial charge in [0.25, 0.3) is 5.91 Å². The van der Waals surface area contributed by atoms with Crippen LogP contribution in [0.2, 0.25) is 0 Å². The van der Waals surface area contributed by atoms with E-state index in [4.69, 9.17) is 14.2 Å². The summed E-state index contributed by atoms with van der Waals surface area (Å²) < 4.78 is 15.8. The van der Waals surface area contributed by atoms with Gasteiger partial charge in [0, 0.05) is 0 Å². The van der Waals surface area contributed by atoms with Gasteiger partial charge in [0.05, 0.1) is 6.54 Å². The number of aryl methyl sites for hydroxylation is 1. The second-order valence-electron chi connectivity index (χ2n) is 5.66. The second-order valence-corrected chi connectivity index (χ2v) is 5.66. The van der Waals surface area contributed by atoms with Crippen molar-refractivity contribution in [2.45, 2.75) is 13.8 Å². The molecule has 138 valence electrons. The quantitative estimate of drug-likeness (QED) is 0.551. The third kappa shape index (κ3) is 6.47. The van der Waals surface area contributed by atoms with Crippen molar-refractivity contribution >= 4 is 11.9 Å². The van der Waals surface area contributed by atoms with Gasteiger partial charge in [0.15, 0.2) is 13.2 Å². The Balaban J connectivity index is 1.59. The number of rotatable bonds is 9. The molecule has 0 heterocycles. The molecule has 1 amide bonds. The number of hydrogen-bond donors (Lipinski definition) is 1. The Hall–Kier alpha value is -3.02. The number of carbonyl (C=O) groups excluding carboxylic acids is 2. The Labute approximate surface area is 153 Å². The highest BCUT2D eigenvalue weighted by Crippen LogP contribution is 2.20. The number of benzene rings is 2. The van der Waals surface area contributed by atoms with Crippen LogP contribution < -0.4 is 14.8 Å². The summed E-state index contributed by atoms with van der Waals surface area (Å²) in [6.07, 6.45) is 0. The third-order valence-corrected chi connectivity index (χ3v) is 3.70. The summed E-state index contributed by atoms with van der Waals surface area (Å²) in [5.74, 6) is 0.379. The summed E-state index contributed by atoms with van der Waals surface area (Å²) in [5, 5.41) is 2.62. The highest BCUT2D eigenvalue weighted by atomic mass is 16.6. The highest BCUT2D eigenvalue weighted by Gasteiger charge is 2.09. The SMILES string of the molecule is Cc1cccc(OCC(=O)OCC(=O)NCCOc2ccccc2)c1C. The molecule has 0 aliphatic heterocycles. The van der Waals surface area contributed by atoms with Gasteiger partial charge >= 0.3 is 5.97 Å². The number of esters is 1. The van der Waals surface area contributed by atoms with Gasteiger partial charge in [-0.15, -0.1) is 0 Å². The molecule has 0 saturated heterocycles. The Bertz CT molecular complexity index is 730. The highest BCUT2D eigenvalue weighted by molar-refractivity contribution is 5.80. The molecule has 0 bridgehead atoms. The molecule has 26 heavy (non-hydrogen) atoms. The van der Waals surface area contributed by atoms with Gasteiger partial charge in [-0.25, -0.2) is 4.79 Å². The van der Waals surface area contributed by atoms with Crippen molar-refractivity contribution < 1.29 is 23.8 Å². The van der Waals surface area contributed by atoms with Gasteiger partial charge in [0.2, 0.25) is 0 Å². The summed E-state index contributed by atoms with van der Waals surface area (Å²) >= 11 is 0. The maximum Gasteiger partial charge on any atom is 0.344 e. The number of hydrogen-bond acceptors (Lipinski definition) is 5. The molecule has 0 saturated carbocycles. The number of ether oxygens (including phenoxy) is 3. The van der Waals surface area contributed by atoms with E-state index in [1.54, 1.807) is 6.07 Å². The average Bonchev–Trinajstić information content (AvgIpc) is 2.65. The zero-order chi connectivity index (χ0) is 18.8. The van der Waals surface area contributed by atoms with Crippen molar-refractivity contribution in [1.82, 2.24) is 5.32 Å². The zero-order valence-electron chi connectivity index (χ0n) is 15.0. The molecule has 0 atom stereocenters. The van der Waals surface area contributed by atoms with Crippen molar-refractivity contribution in [3.63, 3.8) is 0 Å². The van der Waals surface area contributed by atoms with Gasteiger partial charge in [-0.05, 0) is 43.2 Å². The minimum atomic E-state index is -0.596. The predicted octanol–water partition coefficient (Wildman–Crippen LogP) is 2.42. The molecule has 0 aromatic heterocycles. The fourth-order valence-corrected chi connectivity index (χ4v) is 2.13. The zero-order valence-corrected chi connectivity index (χ0v) is 15.0. The molecular formula is C20H23NO5. The normalized spacial score (nSPS) is 10.1. The molecule has 0 radical (unpaired) electrons. The lowest BCUT2D eigenvalue weighted by Gasteiger charge is -2.11. The van der Waals surface area contributed by atoms with E-state index in [2.05, 4.69) is 5.32 Å². The van der Waals surface area contributed by atoms with Crippen LogP contribution in [0.15, 0.2) is 48.5 Å². The molecule has 0 aliphatic carbocycles. The average molecular weight is 357 g/mol. The number of carbonyl (C=O) groups is 2. The van der Waals surface area contributed by atoms with E-state index in [-0.39, 0.29) is 19.1 Å². The molecule has 0 spiro atoms. The van der Waals surface area contributed by atoms with E-state index >= 15 is 0 Å². The number of amides is 1. The van der Waals surface area contributed by atoms with E-state index < -0.39 is 5.97 Å². The Morgan fingerprint density at radius 1 is 0.923 bits per heavy atom. The fourth-order valence-electron chi connectivity index (χ4n) is 2.13. The smallest absolute Gasteiger partial charge is 0.344 e. The molecule has 0 unspecified atom stereocenters. The van der Waals surface area contributed by atoms with Crippen molar-refractivity contribution in [2.75, 3.05) is 26.4 Å². The fraction of sp³-hybridized carbons (Fsp3) is 0.300. The first-order valence-electron chi connectivity index (χ1n) is 8.35. The standard InChI is InChI=1S/C20H23NO5/c1-15-7-6-10-18(16(15)2)25-14-20(23)26-13-19(22)21-11-12-24-17-8-4-3-5-9-17/h3-10H,11-14H2,1-2H3,(H,21,22). The molecule has 2 rings (SSSR count). The number of para-hydroxylation sites is 1. The van der Waals surface area contributed by atoms with E-state index in [0.717, 1.165) is 16.9 Å². The van der Waals surface area contributed by atoms with Gasteiger partial charge in [-0.1, -0.05) is 30.3 Å². The lowest BCUT2D eigenvalue weighted by Crippen LogP contribution is -2.32. The molecule has 6 nitrogen and oxygen atoms in total. The second kappa shape index (κ2) is 10.1. The van der Waals surface area contributed by atoms with Crippen LogP contribution in [0.1, 0.15) is 11.1 Å². The molecule has 6 heteroatoms. The van der Waals surface area contributed by atoms with E-state index in [1.165, 1.54) is 0 Å². The molecule has 0 aliphatic rings. The minimum absolute atomic E-state index is 0.241. The van der Waals surface area contributed by atoms with Gasteiger partial charge < -0.3 is 19.5 Å². The summed E-state index contributed by atoms with van der Waals surface area (Å²) in [5.41, 5.74) is 2.05. The van der Waals surface area contributed by atoms with Crippen LogP contribution in [0.3, 0.4) is 0 Å². The molecule has 0 fully saturated rings. The van der Waals surface area contributed by atoms with Crippen LogP contribution in [0, 0.1) is 13.8 Å². The van der Waals surface area contributed by atoms with E-state index in [0.29, 0.717) is 18.9 Å². The molecule has 2 aromatic carbocycles. The maximum atomic E-state index is 11.7. The van der Waals surface area contributed by atoms with E-state index in [9.17, 15) is 9.59 Å². The van der Waals surface area contributed by atoms with Crippen LogP contribution in [-0.2, 0) is 14.3 Å². The minimum Gasteiger partial charge on any atom is -0.492 e. The summed E-state index contributed by atoms with van der Waals surface area (Å²) in [7, 11) is 0. The largest absolute Gasteiger partial charge is 0.492 e. The topological polar surface area (TPSA) is 73.9 Å². The monoisotopic (exact) mass is 357 g/mol. The molecule has 2 aromatic rings. The lowest BCUT2D eigenvalue weighted by atomic mass is 10.1. The molecular weight excluding hydrogens is 334 g/mol. The first-order valence-corrected chi connectivity index (χ1v) is 8.35. The Kier molecular flexibility index (Phi) is 7.49. The summed E-state index contributed by atoms with van der Waals surface area (Å²) in [4.78, 5) is 23.3. The summed E-state index contributed by atoms with van der Waals surface area (Å²) in [6.45, 7) is 3.95. The number of nitrogens with one attached hydrogen (secondary N) is 1.